The van der Waals surface area contributed by atoms with E-state index in [1.54, 1.807) is 23.9 Å². The van der Waals surface area contributed by atoms with Crippen molar-refractivity contribution in [3.63, 3.8) is 0 Å². The molecule has 1 aliphatic heterocycles. The summed E-state index contributed by atoms with van der Waals surface area (Å²) in [5.74, 6) is 1.04. The van der Waals surface area contributed by atoms with Crippen molar-refractivity contribution < 1.29 is 14.2 Å². The Morgan fingerprint density at radius 2 is 2.14 bits per heavy atom. The summed E-state index contributed by atoms with van der Waals surface area (Å²) in [5.41, 5.74) is 0.793. The summed E-state index contributed by atoms with van der Waals surface area (Å²) in [6.07, 6.45) is -0.561. The Morgan fingerprint density at radius 1 is 1.33 bits per heavy atom. The molecule has 2 unspecified atom stereocenters. The van der Waals surface area contributed by atoms with Gasteiger partial charge < -0.3 is 9.84 Å². The van der Waals surface area contributed by atoms with E-state index in [2.05, 4.69) is 0 Å². The minimum Gasteiger partial charge on any atom is -0.486 e. The average molecular weight is 325 g/mol. The molecule has 1 heterocycles. The van der Waals surface area contributed by atoms with Crippen LogP contribution >= 0.6 is 23.4 Å². The van der Waals surface area contributed by atoms with Crippen molar-refractivity contribution in [2.45, 2.75) is 23.5 Å². The fraction of sp³-hybridized carbons (Fsp3) is 0.250. The zero-order valence-electron chi connectivity index (χ0n) is 11.1. The smallest absolute Gasteiger partial charge is 0.141 e. The molecule has 2 aromatic carbocycles. The number of hydrogen-bond acceptors (Lipinski definition) is 3. The summed E-state index contributed by atoms with van der Waals surface area (Å²) in [4.78, 5) is 1.09. The van der Waals surface area contributed by atoms with Gasteiger partial charge in [0.25, 0.3) is 0 Å². The highest BCUT2D eigenvalue weighted by molar-refractivity contribution is 7.99. The van der Waals surface area contributed by atoms with Gasteiger partial charge in [-0.15, -0.1) is 11.8 Å². The van der Waals surface area contributed by atoms with Crippen LogP contribution in [0.1, 0.15) is 5.56 Å². The van der Waals surface area contributed by atoms with E-state index in [9.17, 15) is 9.50 Å². The van der Waals surface area contributed by atoms with Gasteiger partial charge in [0.05, 0.1) is 11.1 Å². The van der Waals surface area contributed by atoms with Crippen LogP contribution in [0.4, 0.5) is 4.39 Å². The van der Waals surface area contributed by atoms with E-state index >= 15 is 0 Å². The predicted octanol–water partition coefficient (Wildman–Crippen LogP) is 3.94. The lowest BCUT2D eigenvalue weighted by Gasteiger charge is -2.29. The van der Waals surface area contributed by atoms with Crippen LogP contribution in [0.15, 0.2) is 47.4 Å². The maximum atomic E-state index is 13.1. The molecule has 1 N–H and O–H groups in total. The Morgan fingerprint density at radius 3 is 2.95 bits per heavy atom. The summed E-state index contributed by atoms with van der Waals surface area (Å²) < 4.78 is 19.0. The molecular weight excluding hydrogens is 311 g/mol. The van der Waals surface area contributed by atoms with Gasteiger partial charge in [-0.2, -0.15) is 0 Å². The summed E-state index contributed by atoms with van der Waals surface area (Å²) >= 11 is 7.43. The third-order valence-corrected chi connectivity index (χ3v) is 4.82. The van der Waals surface area contributed by atoms with E-state index in [1.807, 2.05) is 24.3 Å². The molecule has 0 radical (unpaired) electrons. The standard InChI is InChI=1S/C16H14ClFO2S/c17-11-7-10(5-6-12(11)18)8-13(19)15-9-21-16-4-2-1-3-14(16)20-15/h1-7,13,15,19H,8-9H2. The first kappa shape index (κ1) is 14.7. The SMILES string of the molecule is OC(Cc1ccc(F)c(Cl)c1)C1CSc2ccccc2O1. The van der Waals surface area contributed by atoms with E-state index in [-0.39, 0.29) is 11.1 Å². The second-order valence-corrected chi connectivity index (χ2v) is 6.40. The molecule has 2 aromatic rings. The van der Waals surface area contributed by atoms with Crippen molar-refractivity contribution in [1.82, 2.24) is 0 Å². The number of aliphatic hydroxyl groups is 1. The highest BCUT2D eigenvalue weighted by atomic mass is 35.5. The fourth-order valence-corrected chi connectivity index (χ4v) is 3.54. The van der Waals surface area contributed by atoms with E-state index in [0.717, 1.165) is 16.2 Å². The van der Waals surface area contributed by atoms with Crippen molar-refractivity contribution in [1.29, 1.82) is 0 Å². The normalized spacial score (nSPS) is 18.7. The van der Waals surface area contributed by atoms with E-state index in [0.29, 0.717) is 12.2 Å². The van der Waals surface area contributed by atoms with Crippen LogP contribution in [0.5, 0.6) is 5.75 Å². The number of rotatable bonds is 3. The Labute approximate surface area is 131 Å². The van der Waals surface area contributed by atoms with E-state index in [4.69, 9.17) is 16.3 Å². The van der Waals surface area contributed by atoms with Gasteiger partial charge in [0.2, 0.25) is 0 Å². The van der Waals surface area contributed by atoms with Gasteiger partial charge in [0.15, 0.2) is 0 Å². The third kappa shape index (κ3) is 3.34. The summed E-state index contributed by atoms with van der Waals surface area (Å²) in [5, 5.41) is 10.4. The Balaban J connectivity index is 1.69. The molecule has 0 bridgehead atoms. The van der Waals surface area contributed by atoms with Gasteiger partial charge in [0, 0.05) is 17.1 Å². The highest BCUT2D eigenvalue weighted by Crippen LogP contribution is 2.36. The minimum atomic E-state index is -0.660. The minimum absolute atomic E-state index is 0.0731. The van der Waals surface area contributed by atoms with E-state index in [1.165, 1.54) is 6.07 Å². The van der Waals surface area contributed by atoms with Crippen LogP contribution in [0.3, 0.4) is 0 Å². The lowest BCUT2D eigenvalue weighted by Crippen LogP contribution is -2.37. The van der Waals surface area contributed by atoms with Gasteiger partial charge in [-0.05, 0) is 29.8 Å². The van der Waals surface area contributed by atoms with Crippen LogP contribution in [0.25, 0.3) is 0 Å². The molecular formula is C16H14ClFO2S. The summed E-state index contributed by atoms with van der Waals surface area (Å²) in [7, 11) is 0. The maximum absolute atomic E-state index is 13.1. The first-order chi connectivity index (χ1) is 10.1. The number of thioether (sulfide) groups is 1. The Hall–Kier alpha value is -1.23. The van der Waals surface area contributed by atoms with Crippen LogP contribution in [0.2, 0.25) is 5.02 Å². The zero-order chi connectivity index (χ0) is 14.8. The third-order valence-electron chi connectivity index (χ3n) is 3.39. The Kier molecular flexibility index (Phi) is 4.38. The van der Waals surface area contributed by atoms with Crippen LogP contribution in [-0.2, 0) is 6.42 Å². The number of halogens is 2. The first-order valence-electron chi connectivity index (χ1n) is 6.64. The van der Waals surface area contributed by atoms with E-state index < -0.39 is 11.9 Å². The Bertz CT molecular complexity index is 650. The largest absolute Gasteiger partial charge is 0.486 e. The molecule has 1 aliphatic rings. The first-order valence-corrected chi connectivity index (χ1v) is 8.00. The van der Waals surface area contributed by atoms with Gasteiger partial charge in [-0.25, -0.2) is 4.39 Å². The molecule has 2 atom stereocenters. The predicted molar refractivity (Wildman–Crippen MR) is 82.7 cm³/mol. The number of hydrogen-bond donors (Lipinski definition) is 1. The monoisotopic (exact) mass is 324 g/mol. The van der Waals surface area contributed by atoms with Crippen molar-refractivity contribution in [3.05, 3.63) is 58.9 Å². The number of fused-ring (bicyclic) bond motifs is 1. The lowest BCUT2D eigenvalue weighted by molar-refractivity contribution is 0.0468. The van der Waals surface area contributed by atoms with Gasteiger partial charge in [-0.3, -0.25) is 0 Å². The molecule has 110 valence electrons. The summed E-state index contributed by atoms with van der Waals surface area (Å²) in [6, 6.07) is 12.3. The van der Waals surface area contributed by atoms with Gasteiger partial charge in [-0.1, -0.05) is 29.8 Å². The van der Waals surface area contributed by atoms with Gasteiger partial charge in [0.1, 0.15) is 17.7 Å². The maximum Gasteiger partial charge on any atom is 0.141 e. The molecule has 0 spiro atoms. The topological polar surface area (TPSA) is 29.5 Å². The highest BCUT2D eigenvalue weighted by Gasteiger charge is 2.26. The second kappa shape index (κ2) is 6.26. The molecule has 0 amide bonds. The van der Waals surface area contributed by atoms with Crippen LogP contribution in [0, 0.1) is 5.82 Å². The molecule has 0 saturated heterocycles. The number of aliphatic hydroxyl groups excluding tert-OH is 1. The van der Waals surface area contributed by atoms with Crippen LogP contribution in [-0.4, -0.2) is 23.1 Å². The van der Waals surface area contributed by atoms with Crippen molar-refractivity contribution in [2.24, 2.45) is 0 Å². The van der Waals surface area contributed by atoms with Crippen LogP contribution < -0.4 is 4.74 Å². The van der Waals surface area contributed by atoms with Crippen molar-refractivity contribution in [3.8, 4) is 5.75 Å². The molecule has 5 heteroatoms. The van der Waals surface area contributed by atoms with Crippen molar-refractivity contribution >= 4 is 23.4 Å². The number of para-hydroxylation sites is 1. The molecule has 0 fully saturated rings. The molecule has 2 nitrogen and oxygen atoms in total. The molecule has 21 heavy (non-hydrogen) atoms. The second-order valence-electron chi connectivity index (χ2n) is 4.93. The molecule has 0 aromatic heterocycles. The number of ether oxygens (including phenoxy) is 1. The molecule has 3 rings (SSSR count). The molecule has 0 saturated carbocycles. The quantitative estimate of drug-likeness (QED) is 0.927. The zero-order valence-corrected chi connectivity index (χ0v) is 12.7. The average Bonchev–Trinajstić information content (AvgIpc) is 2.50. The number of benzene rings is 2. The van der Waals surface area contributed by atoms with Crippen molar-refractivity contribution in [2.75, 3.05) is 5.75 Å². The summed E-state index contributed by atoms with van der Waals surface area (Å²) in [6.45, 7) is 0. The lowest BCUT2D eigenvalue weighted by atomic mass is 10.0. The van der Waals surface area contributed by atoms with Gasteiger partial charge >= 0.3 is 0 Å². The fourth-order valence-electron chi connectivity index (χ4n) is 2.26. The molecule has 0 aliphatic carbocycles.